The predicted molar refractivity (Wildman–Crippen MR) is 85.9 cm³/mol. The Morgan fingerprint density at radius 1 is 1.04 bits per heavy atom. The molecule has 1 heterocycles. The van der Waals surface area contributed by atoms with E-state index in [4.69, 9.17) is 5.26 Å². The Kier molecular flexibility index (Phi) is 5.05. The van der Waals surface area contributed by atoms with Crippen LogP contribution in [0.4, 0.5) is 5.69 Å². The van der Waals surface area contributed by atoms with Gasteiger partial charge < -0.3 is 10.6 Å². The largest absolute Gasteiger partial charge is 0.349 e. The normalized spacial score (nSPS) is 10.0. The van der Waals surface area contributed by atoms with Crippen LogP contribution < -0.4 is 10.6 Å². The van der Waals surface area contributed by atoms with Crippen LogP contribution in [0.25, 0.3) is 0 Å². The zero-order valence-corrected chi connectivity index (χ0v) is 12.8. The SMILES string of the molecule is CC(C)NC(=O)c1cccc(C(=O)Nc2ccccc2C#N)n1. The number of hydrogen-bond acceptors (Lipinski definition) is 4. The number of para-hydroxylation sites is 1. The Labute approximate surface area is 134 Å². The van der Waals surface area contributed by atoms with Crippen molar-refractivity contribution in [2.75, 3.05) is 5.32 Å². The second-order valence-electron chi connectivity index (χ2n) is 5.15. The van der Waals surface area contributed by atoms with Crippen molar-refractivity contribution in [3.8, 4) is 6.07 Å². The van der Waals surface area contributed by atoms with Crippen molar-refractivity contribution in [1.29, 1.82) is 5.26 Å². The molecule has 1 aromatic carbocycles. The van der Waals surface area contributed by atoms with Gasteiger partial charge >= 0.3 is 0 Å². The second kappa shape index (κ2) is 7.18. The van der Waals surface area contributed by atoms with Crippen LogP contribution in [0.5, 0.6) is 0 Å². The first kappa shape index (κ1) is 16.2. The van der Waals surface area contributed by atoms with Gasteiger partial charge in [-0.15, -0.1) is 0 Å². The molecule has 0 saturated heterocycles. The summed E-state index contributed by atoms with van der Waals surface area (Å²) >= 11 is 0. The minimum atomic E-state index is -0.480. The molecule has 0 spiro atoms. The first-order valence-electron chi connectivity index (χ1n) is 7.09. The van der Waals surface area contributed by atoms with Gasteiger partial charge in [-0.1, -0.05) is 18.2 Å². The fourth-order valence-electron chi connectivity index (χ4n) is 1.90. The lowest BCUT2D eigenvalue weighted by Crippen LogP contribution is -2.31. The molecule has 2 N–H and O–H groups in total. The molecule has 23 heavy (non-hydrogen) atoms. The van der Waals surface area contributed by atoms with E-state index in [9.17, 15) is 9.59 Å². The molecule has 116 valence electrons. The number of benzene rings is 1. The van der Waals surface area contributed by atoms with Crippen molar-refractivity contribution in [3.63, 3.8) is 0 Å². The van der Waals surface area contributed by atoms with Gasteiger partial charge in [0.15, 0.2) is 0 Å². The molecule has 0 aliphatic heterocycles. The lowest BCUT2D eigenvalue weighted by Gasteiger charge is -2.09. The third-order valence-corrected chi connectivity index (χ3v) is 2.93. The molecule has 6 nitrogen and oxygen atoms in total. The summed E-state index contributed by atoms with van der Waals surface area (Å²) < 4.78 is 0. The van der Waals surface area contributed by atoms with Crippen molar-refractivity contribution in [1.82, 2.24) is 10.3 Å². The number of carbonyl (C=O) groups excluding carboxylic acids is 2. The Bertz CT molecular complexity index is 778. The molecule has 0 bridgehead atoms. The monoisotopic (exact) mass is 308 g/mol. The Balaban J connectivity index is 2.20. The highest BCUT2D eigenvalue weighted by atomic mass is 16.2. The maximum absolute atomic E-state index is 12.3. The summed E-state index contributed by atoms with van der Waals surface area (Å²) in [5, 5.41) is 14.4. The molecule has 6 heteroatoms. The molecule has 0 radical (unpaired) electrons. The van der Waals surface area contributed by atoms with Crippen molar-refractivity contribution in [2.24, 2.45) is 0 Å². The van der Waals surface area contributed by atoms with Crippen LogP contribution in [0.2, 0.25) is 0 Å². The highest BCUT2D eigenvalue weighted by Crippen LogP contribution is 2.14. The van der Waals surface area contributed by atoms with Crippen LogP contribution in [-0.2, 0) is 0 Å². The van der Waals surface area contributed by atoms with Crippen molar-refractivity contribution < 1.29 is 9.59 Å². The van der Waals surface area contributed by atoms with Crippen LogP contribution >= 0.6 is 0 Å². The minimum Gasteiger partial charge on any atom is -0.349 e. The van der Waals surface area contributed by atoms with Gasteiger partial charge in [-0.25, -0.2) is 4.98 Å². The number of hydrogen-bond donors (Lipinski definition) is 2. The number of nitrogens with zero attached hydrogens (tertiary/aromatic N) is 2. The van der Waals surface area contributed by atoms with E-state index >= 15 is 0 Å². The van der Waals surface area contributed by atoms with Gasteiger partial charge in [0, 0.05) is 6.04 Å². The topological polar surface area (TPSA) is 94.9 Å². The first-order chi connectivity index (χ1) is 11.0. The molecule has 0 aliphatic rings. The smallest absolute Gasteiger partial charge is 0.274 e. The third-order valence-electron chi connectivity index (χ3n) is 2.93. The lowest BCUT2D eigenvalue weighted by atomic mass is 10.2. The summed E-state index contributed by atoms with van der Waals surface area (Å²) in [7, 11) is 0. The number of nitrogens with one attached hydrogen (secondary N) is 2. The van der Waals surface area contributed by atoms with E-state index in [-0.39, 0.29) is 23.3 Å². The fourth-order valence-corrected chi connectivity index (χ4v) is 1.90. The number of nitriles is 1. The maximum atomic E-state index is 12.3. The summed E-state index contributed by atoms with van der Waals surface area (Å²) in [6, 6.07) is 13.3. The van der Waals surface area contributed by atoms with Crippen LogP contribution in [0.3, 0.4) is 0 Å². The van der Waals surface area contributed by atoms with Gasteiger partial charge in [-0.05, 0) is 38.1 Å². The van der Waals surface area contributed by atoms with Gasteiger partial charge in [0.25, 0.3) is 11.8 Å². The van der Waals surface area contributed by atoms with E-state index in [1.165, 1.54) is 12.1 Å². The van der Waals surface area contributed by atoms with Gasteiger partial charge in [0.1, 0.15) is 17.5 Å². The Hall–Kier alpha value is -3.20. The van der Waals surface area contributed by atoms with Crippen molar-refractivity contribution in [3.05, 3.63) is 59.4 Å². The molecule has 1 aromatic heterocycles. The van der Waals surface area contributed by atoms with Crippen molar-refractivity contribution >= 4 is 17.5 Å². The van der Waals surface area contributed by atoms with E-state index in [1.54, 1.807) is 30.3 Å². The molecule has 0 saturated carbocycles. The van der Waals surface area contributed by atoms with Crippen LogP contribution in [0.1, 0.15) is 40.4 Å². The Morgan fingerprint density at radius 3 is 2.35 bits per heavy atom. The molecule has 0 atom stereocenters. The highest BCUT2D eigenvalue weighted by Gasteiger charge is 2.14. The van der Waals surface area contributed by atoms with Crippen LogP contribution in [-0.4, -0.2) is 22.8 Å². The van der Waals surface area contributed by atoms with E-state index < -0.39 is 5.91 Å². The average molecular weight is 308 g/mol. The number of aromatic nitrogens is 1. The number of carbonyl (C=O) groups is 2. The molecule has 2 amide bonds. The molecule has 0 unspecified atom stereocenters. The first-order valence-corrected chi connectivity index (χ1v) is 7.09. The second-order valence-corrected chi connectivity index (χ2v) is 5.15. The molecule has 2 rings (SSSR count). The highest BCUT2D eigenvalue weighted by molar-refractivity contribution is 6.04. The molecule has 0 aliphatic carbocycles. The van der Waals surface area contributed by atoms with Crippen LogP contribution in [0.15, 0.2) is 42.5 Å². The molecule has 2 aromatic rings. The number of rotatable bonds is 4. The van der Waals surface area contributed by atoms with Gasteiger partial charge in [-0.2, -0.15) is 5.26 Å². The number of amides is 2. The number of anilines is 1. The zero-order valence-electron chi connectivity index (χ0n) is 12.8. The summed E-state index contributed by atoms with van der Waals surface area (Å²) in [4.78, 5) is 28.3. The quantitative estimate of drug-likeness (QED) is 0.906. The molecular formula is C17H16N4O2. The van der Waals surface area contributed by atoms with Crippen LogP contribution in [0, 0.1) is 11.3 Å². The third kappa shape index (κ3) is 4.14. The minimum absolute atomic E-state index is 0.0238. The maximum Gasteiger partial charge on any atom is 0.274 e. The van der Waals surface area contributed by atoms with E-state index in [0.29, 0.717) is 11.3 Å². The summed E-state index contributed by atoms with van der Waals surface area (Å²) in [5.41, 5.74) is 1.03. The van der Waals surface area contributed by atoms with E-state index in [1.807, 2.05) is 19.9 Å². The van der Waals surface area contributed by atoms with Gasteiger partial charge in [-0.3, -0.25) is 9.59 Å². The summed E-state index contributed by atoms with van der Waals surface area (Å²) in [6.45, 7) is 3.68. The zero-order chi connectivity index (χ0) is 16.8. The predicted octanol–water partition coefficient (Wildman–Crippen LogP) is 2.34. The fraction of sp³-hybridized carbons (Fsp3) is 0.176. The summed E-state index contributed by atoms with van der Waals surface area (Å²) in [5.74, 6) is -0.820. The Morgan fingerprint density at radius 2 is 1.70 bits per heavy atom. The standard InChI is InChI=1S/C17H16N4O2/c1-11(2)19-16(22)14-8-5-9-15(20-14)17(23)21-13-7-4-3-6-12(13)10-18/h3-9,11H,1-2H3,(H,19,22)(H,21,23). The van der Waals surface area contributed by atoms with Crippen molar-refractivity contribution in [2.45, 2.75) is 19.9 Å². The van der Waals surface area contributed by atoms with Gasteiger partial charge in [0.05, 0.1) is 11.3 Å². The van der Waals surface area contributed by atoms with E-state index in [0.717, 1.165) is 0 Å². The molecular weight excluding hydrogens is 292 g/mol. The van der Waals surface area contributed by atoms with E-state index in [2.05, 4.69) is 15.6 Å². The number of pyridine rings is 1. The lowest BCUT2D eigenvalue weighted by molar-refractivity contribution is 0.0938. The molecule has 0 fully saturated rings. The van der Waals surface area contributed by atoms with Gasteiger partial charge in [0.2, 0.25) is 0 Å². The summed E-state index contributed by atoms with van der Waals surface area (Å²) in [6.07, 6.45) is 0. The average Bonchev–Trinajstić information content (AvgIpc) is 2.55.